The maximum atomic E-state index is 12.3. The van der Waals surface area contributed by atoms with E-state index in [-0.39, 0.29) is 24.2 Å². The van der Waals surface area contributed by atoms with Gasteiger partial charge in [0.15, 0.2) is 0 Å². The molecular formula is C15H27N3O2. The summed E-state index contributed by atoms with van der Waals surface area (Å²) in [6, 6.07) is 0.582. The molecule has 0 aromatic carbocycles. The van der Waals surface area contributed by atoms with E-state index in [9.17, 15) is 4.79 Å². The maximum absolute atomic E-state index is 12.3. The van der Waals surface area contributed by atoms with Crippen LogP contribution in [0.5, 0.6) is 0 Å². The summed E-state index contributed by atoms with van der Waals surface area (Å²) < 4.78 is 6.00. The number of amides is 1. The second-order valence-corrected chi connectivity index (χ2v) is 6.43. The van der Waals surface area contributed by atoms with Crippen LogP contribution in [0, 0.1) is 0 Å². The van der Waals surface area contributed by atoms with Crippen LogP contribution in [-0.4, -0.2) is 66.3 Å². The van der Waals surface area contributed by atoms with E-state index in [0.29, 0.717) is 6.04 Å². The largest absolute Gasteiger partial charge is 0.373 e. The fourth-order valence-corrected chi connectivity index (χ4v) is 3.80. The molecule has 0 aromatic heterocycles. The first kappa shape index (κ1) is 14.3. The van der Waals surface area contributed by atoms with Crippen LogP contribution in [0.1, 0.15) is 39.5 Å². The molecule has 3 heterocycles. The van der Waals surface area contributed by atoms with Crippen molar-refractivity contribution in [3.8, 4) is 0 Å². The molecule has 114 valence electrons. The van der Waals surface area contributed by atoms with Gasteiger partial charge in [-0.15, -0.1) is 0 Å². The molecule has 0 saturated carbocycles. The lowest BCUT2D eigenvalue weighted by atomic mass is 10.1. The van der Waals surface area contributed by atoms with Crippen LogP contribution in [0.2, 0.25) is 0 Å². The van der Waals surface area contributed by atoms with Crippen LogP contribution >= 0.6 is 0 Å². The summed E-state index contributed by atoms with van der Waals surface area (Å²) in [4.78, 5) is 16.8. The Kier molecular flexibility index (Phi) is 4.29. The van der Waals surface area contributed by atoms with Crippen LogP contribution in [0.15, 0.2) is 0 Å². The summed E-state index contributed by atoms with van der Waals surface area (Å²) in [7, 11) is 0. The van der Waals surface area contributed by atoms with Gasteiger partial charge < -0.3 is 9.64 Å². The van der Waals surface area contributed by atoms with Gasteiger partial charge in [0.1, 0.15) is 0 Å². The fourth-order valence-electron chi connectivity index (χ4n) is 3.80. The predicted octanol–water partition coefficient (Wildman–Crippen LogP) is 0.796. The van der Waals surface area contributed by atoms with E-state index < -0.39 is 0 Å². The highest BCUT2D eigenvalue weighted by Crippen LogP contribution is 2.24. The third kappa shape index (κ3) is 2.71. The quantitative estimate of drug-likeness (QED) is 0.828. The molecule has 1 amide bonds. The number of carbonyl (C=O) groups excluding carboxylic acids is 1. The molecule has 0 aliphatic carbocycles. The normalized spacial score (nSPS) is 38.5. The van der Waals surface area contributed by atoms with Crippen molar-refractivity contribution in [1.29, 1.82) is 0 Å². The van der Waals surface area contributed by atoms with Gasteiger partial charge in [-0.2, -0.15) is 0 Å². The van der Waals surface area contributed by atoms with Gasteiger partial charge in [0, 0.05) is 19.1 Å². The molecule has 20 heavy (non-hydrogen) atoms. The third-order valence-electron chi connectivity index (χ3n) is 4.90. The number of nitrogens with zero attached hydrogens (tertiary/aromatic N) is 2. The summed E-state index contributed by atoms with van der Waals surface area (Å²) in [5.41, 5.74) is 0. The van der Waals surface area contributed by atoms with Gasteiger partial charge in [0.25, 0.3) is 0 Å². The lowest BCUT2D eigenvalue weighted by Gasteiger charge is -2.37. The van der Waals surface area contributed by atoms with Crippen LogP contribution in [-0.2, 0) is 9.53 Å². The van der Waals surface area contributed by atoms with Crippen molar-refractivity contribution in [2.24, 2.45) is 0 Å². The van der Waals surface area contributed by atoms with Crippen molar-refractivity contribution < 1.29 is 9.53 Å². The predicted molar refractivity (Wildman–Crippen MR) is 77.3 cm³/mol. The van der Waals surface area contributed by atoms with Gasteiger partial charge in [-0.1, -0.05) is 13.3 Å². The van der Waals surface area contributed by atoms with Crippen LogP contribution in [0.3, 0.4) is 0 Å². The zero-order valence-electron chi connectivity index (χ0n) is 12.7. The minimum Gasteiger partial charge on any atom is -0.373 e. The minimum atomic E-state index is -0.0466. The smallest absolute Gasteiger partial charge is 0.240 e. The Morgan fingerprint density at radius 2 is 2.30 bits per heavy atom. The molecule has 5 heteroatoms. The molecule has 3 rings (SSSR count). The zero-order valence-corrected chi connectivity index (χ0v) is 12.7. The molecule has 3 saturated heterocycles. The average Bonchev–Trinajstić information content (AvgIpc) is 2.99. The Morgan fingerprint density at radius 1 is 1.45 bits per heavy atom. The molecule has 0 bridgehead atoms. The summed E-state index contributed by atoms with van der Waals surface area (Å²) in [6.07, 6.45) is 5.05. The lowest BCUT2D eigenvalue weighted by molar-refractivity contribution is -0.134. The van der Waals surface area contributed by atoms with E-state index in [1.165, 1.54) is 19.4 Å². The first-order valence-corrected chi connectivity index (χ1v) is 8.11. The number of ether oxygens (including phenoxy) is 1. The van der Waals surface area contributed by atoms with Crippen LogP contribution in [0.4, 0.5) is 0 Å². The molecule has 3 fully saturated rings. The van der Waals surface area contributed by atoms with Gasteiger partial charge in [-0.3, -0.25) is 15.0 Å². The summed E-state index contributed by atoms with van der Waals surface area (Å²) >= 11 is 0. The number of hydrogen-bond acceptors (Lipinski definition) is 4. The van der Waals surface area contributed by atoms with Crippen molar-refractivity contribution in [3.05, 3.63) is 0 Å². The second-order valence-electron chi connectivity index (χ2n) is 6.43. The van der Waals surface area contributed by atoms with E-state index in [1.807, 2.05) is 11.8 Å². The van der Waals surface area contributed by atoms with E-state index in [4.69, 9.17) is 4.74 Å². The number of rotatable bonds is 4. The summed E-state index contributed by atoms with van der Waals surface area (Å²) in [6.45, 7) is 7.90. The number of morpholine rings is 1. The van der Waals surface area contributed by atoms with Gasteiger partial charge in [-0.25, -0.2) is 0 Å². The number of nitrogens with one attached hydrogen (secondary N) is 1. The molecule has 3 aliphatic heterocycles. The zero-order chi connectivity index (χ0) is 14.1. The molecule has 0 aromatic rings. The molecule has 0 radical (unpaired) electrons. The Bertz CT molecular complexity index is 363. The SMILES string of the molecule is CCCC1NC(C)C(=O)N1CC1CN2CCCC2CO1. The number of fused-ring (bicyclic) bond motifs is 1. The fraction of sp³-hybridized carbons (Fsp3) is 0.933. The lowest BCUT2D eigenvalue weighted by Crippen LogP contribution is -2.52. The third-order valence-corrected chi connectivity index (χ3v) is 4.90. The van der Waals surface area contributed by atoms with E-state index in [0.717, 1.165) is 32.5 Å². The Balaban J connectivity index is 1.59. The average molecular weight is 281 g/mol. The van der Waals surface area contributed by atoms with Crippen molar-refractivity contribution in [2.75, 3.05) is 26.2 Å². The van der Waals surface area contributed by atoms with E-state index in [2.05, 4.69) is 17.1 Å². The number of hydrogen-bond donors (Lipinski definition) is 1. The second kappa shape index (κ2) is 6.00. The van der Waals surface area contributed by atoms with Gasteiger partial charge in [0.05, 0.1) is 24.9 Å². The summed E-state index contributed by atoms with van der Waals surface area (Å²) in [5, 5.41) is 3.40. The molecule has 4 unspecified atom stereocenters. The standard InChI is InChI=1S/C15H27N3O2/c1-3-5-14-16-11(2)15(19)18(14)9-13-8-17-7-4-6-12(17)10-20-13/h11-14,16H,3-10H2,1-2H3. The molecule has 3 aliphatic rings. The first-order chi connectivity index (χ1) is 9.69. The van der Waals surface area contributed by atoms with Crippen LogP contribution in [0.25, 0.3) is 0 Å². The van der Waals surface area contributed by atoms with Crippen molar-refractivity contribution in [2.45, 2.75) is 63.9 Å². The first-order valence-electron chi connectivity index (χ1n) is 8.11. The number of carbonyl (C=O) groups is 1. The van der Waals surface area contributed by atoms with Crippen LogP contribution < -0.4 is 5.32 Å². The van der Waals surface area contributed by atoms with E-state index in [1.54, 1.807) is 0 Å². The highest BCUT2D eigenvalue weighted by Gasteiger charge is 2.39. The van der Waals surface area contributed by atoms with Crippen molar-refractivity contribution in [3.63, 3.8) is 0 Å². The highest BCUT2D eigenvalue weighted by atomic mass is 16.5. The van der Waals surface area contributed by atoms with Crippen molar-refractivity contribution >= 4 is 5.91 Å². The molecule has 4 atom stereocenters. The van der Waals surface area contributed by atoms with Gasteiger partial charge in [-0.05, 0) is 32.7 Å². The van der Waals surface area contributed by atoms with Gasteiger partial charge in [0.2, 0.25) is 5.91 Å². The maximum Gasteiger partial charge on any atom is 0.240 e. The monoisotopic (exact) mass is 281 g/mol. The molecule has 5 nitrogen and oxygen atoms in total. The van der Waals surface area contributed by atoms with Crippen molar-refractivity contribution in [1.82, 2.24) is 15.1 Å². The topological polar surface area (TPSA) is 44.8 Å². The Morgan fingerprint density at radius 3 is 3.10 bits per heavy atom. The highest BCUT2D eigenvalue weighted by molar-refractivity contribution is 5.83. The van der Waals surface area contributed by atoms with E-state index >= 15 is 0 Å². The molecular weight excluding hydrogens is 254 g/mol. The van der Waals surface area contributed by atoms with Gasteiger partial charge >= 0.3 is 0 Å². The molecule has 1 N–H and O–H groups in total. The Hall–Kier alpha value is -0.650. The molecule has 0 spiro atoms. The Labute approximate surface area is 121 Å². The summed E-state index contributed by atoms with van der Waals surface area (Å²) in [5.74, 6) is 0.232. The minimum absolute atomic E-state index is 0.0466.